The van der Waals surface area contributed by atoms with Crippen molar-refractivity contribution in [2.45, 2.75) is 297 Å². The molecule has 0 rings (SSSR count). The van der Waals surface area contributed by atoms with Gasteiger partial charge in [0, 0.05) is 19.3 Å². The first-order valence-electron chi connectivity index (χ1n) is 28.1. The van der Waals surface area contributed by atoms with Crippen LogP contribution < -0.4 is 0 Å². The lowest BCUT2D eigenvalue weighted by Crippen LogP contribution is -2.30. The van der Waals surface area contributed by atoms with Crippen molar-refractivity contribution >= 4 is 17.9 Å². The zero-order valence-electron chi connectivity index (χ0n) is 43.3. The van der Waals surface area contributed by atoms with Crippen molar-refractivity contribution < 1.29 is 28.6 Å². The molecule has 0 aliphatic heterocycles. The quantitative estimate of drug-likeness (QED) is 0.0262. The summed E-state index contributed by atoms with van der Waals surface area (Å²) in [5.41, 5.74) is 0. The zero-order valence-corrected chi connectivity index (χ0v) is 43.3. The Bertz CT molecular complexity index is 1140. The normalized spacial score (nSPS) is 12.4. The van der Waals surface area contributed by atoms with Gasteiger partial charge in [-0.2, -0.15) is 0 Å². The summed E-state index contributed by atoms with van der Waals surface area (Å²) < 4.78 is 16.8. The van der Waals surface area contributed by atoms with Gasteiger partial charge in [-0.25, -0.2) is 0 Å². The molecule has 0 N–H and O–H groups in total. The van der Waals surface area contributed by atoms with Gasteiger partial charge in [-0.15, -0.1) is 0 Å². The molecule has 378 valence electrons. The predicted molar refractivity (Wildman–Crippen MR) is 279 cm³/mol. The van der Waals surface area contributed by atoms with Gasteiger partial charge in [0.05, 0.1) is 0 Å². The molecule has 0 aliphatic carbocycles. The third-order valence-corrected chi connectivity index (χ3v) is 12.3. The SMILES string of the molecule is CC/C=C\C/C=C\CCCCCCCC(=O)OCC(COC(=O)CCCCCCCCC/C=C\CCCCCCCCCC)OC(=O)CCCCCCC/C=C\CCCCCCCCC. The molecule has 0 aromatic carbocycles. The van der Waals surface area contributed by atoms with Crippen LogP contribution in [0.1, 0.15) is 290 Å². The minimum atomic E-state index is -0.784. The number of carbonyl (C=O) groups is 3. The molecule has 0 heterocycles. The van der Waals surface area contributed by atoms with Gasteiger partial charge >= 0.3 is 17.9 Å². The lowest BCUT2D eigenvalue weighted by Gasteiger charge is -2.18. The minimum absolute atomic E-state index is 0.0821. The Morgan fingerprint density at radius 1 is 0.323 bits per heavy atom. The molecule has 1 unspecified atom stereocenters. The summed E-state index contributed by atoms with van der Waals surface area (Å²) >= 11 is 0. The molecule has 0 bridgehead atoms. The molecule has 0 aliphatic rings. The highest BCUT2D eigenvalue weighted by Gasteiger charge is 2.19. The zero-order chi connectivity index (χ0) is 47.2. The Labute approximate surface area is 403 Å². The van der Waals surface area contributed by atoms with Crippen molar-refractivity contribution in [3.63, 3.8) is 0 Å². The van der Waals surface area contributed by atoms with Crippen LogP contribution in [0.15, 0.2) is 48.6 Å². The highest BCUT2D eigenvalue weighted by molar-refractivity contribution is 5.71. The van der Waals surface area contributed by atoms with E-state index in [1.54, 1.807) is 0 Å². The van der Waals surface area contributed by atoms with Crippen molar-refractivity contribution in [2.75, 3.05) is 13.2 Å². The number of rotatable bonds is 51. The van der Waals surface area contributed by atoms with E-state index in [1.807, 2.05) is 0 Å². The van der Waals surface area contributed by atoms with E-state index in [0.29, 0.717) is 19.3 Å². The van der Waals surface area contributed by atoms with Crippen LogP contribution in [-0.2, 0) is 28.6 Å². The molecular formula is C59H106O6. The van der Waals surface area contributed by atoms with Crippen molar-refractivity contribution in [3.8, 4) is 0 Å². The smallest absolute Gasteiger partial charge is 0.306 e. The summed E-state index contributed by atoms with van der Waals surface area (Å²) in [4.78, 5) is 38.1. The van der Waals surface area contributed by atoms with E-state index in [1.165, 1.54) is 154 Å². The second-order valence-electron chi connectivity index (χ2n) is 18.8. The summed E-state index contributed by atoms with van der Waals surface area (Å²) in [6.45, 7) is 6.53. The third-order valence-electron chi connectivity index (χ3n) is 12.3. The van der Waals surface area contributed by atoms with Gasteiger partial charge in [0.15, 0.2) is 6.10 Å². The molecule has 0 spiro atoms. The summed E-state index contributed by atoms with van der Waals surface area (Å²) in [5, 5.41) is 0. The minimum Gasteiger partial charge on any atom is -0.462 e. The van der Waals surface area contributed by atoms with Crippen LogP contribution in [0.3, 0.4) is 0 Å². The van der Waals surface area contributed by atoms with E-state index in [-0.39, 0.29) is 31.1 Å². The summed E-state index contributed by atoms with van der Waals surface area (Å²) in [7, 11) is 0. The van der Waals surface area contributed by atoms with Crippen LogP contribution in [0.5, 0.6) is 0 Å². The largest absolute Gasteiger partial charge is 0.462 e. The number of carbonyl (C=O) groups excluding carboxylic acids is 3. The average molecular weight is 911 g/mol. The fourth-order valence-electron chi connectivity index (χ4n) is 8.06. The maximum Gasteiger partial charge on any atom is 0.306 e. The van der Waals surface area contributed by atoms with Gasteiger partial charge in [0.2, 0.25) is 0 Å². The van der Waals surface area contributed by atoms with E-state index in [9.17, 15) is 14.4 Å². The van der Waals surface area contributed by atoms with Crippen LogP contribution >= 0.6 is 0 Å². The predicted octanol–water partition coefficient (Wildman–Crippen LogP) is 18.7. The van der Waals surface area contributed by atoms with E-state index in [2.05, 4.69) is 69.4 Å². The van der Waals surface area contributed by atoms with Gasteiger partial charge < -0.3 is 14.2 Å². The van der Waals surface area contributed by atoms with E-state index in [0.717, 1.165) is 96.3 Å². The molecular weight excluding hydrogens is 805 g/mol. The third kappa shape index (κ3) is 52.2. The molecule has 6 nitrogen and oxygen atoms in total. The van der Waals surface area contributed by atoms with Crippen LogP contribution in [0.4, 0.5) is 0 Å². The van der Waals surface area contributed by atoms with Crippen LogP contribution in [-0.4, -0.2) is 37.2 Å². The topological polar surface area (TPSA) is 78.9 Å². The van der Waals surface area contributed by atoms with Crippen LogP contribution in [0.25, 0.3) is 0 Å². The lowest BCUT2D eigenvalue weighted by atomic mass is 10.1. The summed E-state index contributed by atoms with van der Waals surface area (Å²) in [6.07, 6.45) is 65.3. The number of hydrogen-bond acceptors (Lipinski definition) is 6. The fourth-order valence-corrected chi connectivity index (χ4v) is 8.06. The molecule has 1 atom stereocenters. The number of ether oxygens (including phenoxy) is 3. The molecule has 0 aromatic rings. The van der Waals surface area contributed by atoms with Gasteiger partial charge in [0.1, 0.15) is 13.2 Å². The highest BCUT2D eigenvalue weighted by atomic mass is 16.6. The lowest BCUT2D eigenvalue weighted by molar-refractivity contribution is -0.167. The van der Waals surface area contributed by atoms with Crippen molar-refractivity contribution in [2.24, 2.45) is 0 Å². The highest BCUT2D eigenvalue weighted by Crippen LogP contribution is 2.15. The van der Waals surface area contributed by atoms with Crippen LogP contribution in [0.2, 0.25) is 0 Å². The standard InChI is InChI=1S/C59H106O6/c1-4-7-10-13-16-19-22-25-27-29-30-31-33-34-37-40-43-46-49-52-58(61)64-55-56(54-63-57(60)51-48-45-42-39-36-24-21-18-15-12-9-6-3)65-59(62)53-50-47-44-41-38-35-32-28-26-23-20-17-14-11-8-5-2/h9,12,18,21,28-30,32,56H,4-8,10-11,13-17,19-20,22-27,31,33-55H2,1-3H3/b12-9-,21-18-,30-29-,32-28-. The summed E-state index contributed by atoms with van der Waals surface area (Å²) in [5.74, 6) is -0.899. The molecule has 65 heavy (non-hydrogen) atoms. The molecule has 0 saturated carbocycles. The molecule has 0 amide bonds. The maximum atomic E-state index is 12.8. The molecule has 0 radical (unpaired) electrons. The Hall–Kier alpha value is -2.63. The monoisotopic (exact) mass is 911 g/mol. The van der Waals surface area contributed by atoms with Crippen LogP contribution in [0, 0.1) is 0 Å². The van der Waals surface area contributed by atoms with E-state index >= 15 is 0 Å². The van der Waals surface area contributed by atoms with Gasteiger partial charge in [-0.3, -0.25) is 14.4 Å². The Morgan fingerprint density at radius 3 is 0.938 bits per heavy atom. The van der Waals surface area contributed by atoms with Crippen molar-refractivity contribution in [1.82, 2.24) is 0 Å². The molecule has 0 saturated heterocycles. The van der Waals surface area contributed by atoms with E-state index < -0.39 is 6.10 Å². The van der Waals surface area contributed by atoms with E-state index in [4.69, 9.17) is 14.2 Å². The Balaban J connectivity index is 4.35. The number of allylic oxidation sites excluding steroid dienone is 8. The molecule has 6 heteroatoms. The second-order valence-corrected chi connectivity index (χ2v) is 18.8. The first-order valence-corrected chi connectivity index (χ1v) is 28.1. The maximum absolute atomic E-state index is 12.8. The number of hydrogen-bond donors (Lipinski definition) is 0. The van der Waals surface area contributed by atoms with Gasteiger partial charge in [-0.05, 0) is 96.3 Å². The Kier molecular flexibility index (Phi) is 51.8. The Morgan fingerprint density at radius 2 is 0.600 bits per heavy atom. The van der Waals surface area contributed by atoms with Crippen molar-refractivity contribution in [1.29, 1.82) is 0 Å². The average Bonchev–Trinajstić information content (AvgIpc) is 3.30. The first-order chi connectivity index (χ1) is 32.0. The summed E-state index contributed by atoms with van der Waals surface area (Å²) in [6, 6.07) is 0. The van der Waals surface area contributed by atoms with Gasteiger partial charge in [-0.1, -0.05) is 223 Å². The van der Waals surface area contributed by atoms with Crippen molar-refractivity contribution in [3.05, 3.63) is 48.6 Å². The fraction of sp³-hybridized carbons (Fsp3) is 0.814. The van der Waals surface area contributed by atoms with Gasteiger partial charge in [0.25, 0.3) is 0 Å². The molecule has 0 fully saturated rings. The first kappa shape index (κ1) is 62.4. The second kappa shape index (κ2) is 54.0. The number of unbranched alkanes of at least 4 members (excludes halogenated alkanes) is 32. The molecule has 0 aromatic heterocycles. The number of esters is 3.